The van der Waals surface area contributed by atoms with Gasteiger partial charge in [0.25, 0.3) is 5.56 Å². The molecule has 5 aliphatic rings. The van der Waals surface area contributed by atoms with Gasteiger partial charge in [-0.15, -0.1) is 0 Å². The number of hydrogen-bond acceptors (Lipinski definition) is 7. The van der Waals surface area contributed by atoms with Crippen molar-refractivity contribution in [2.24, 2.45) is 16.8 Å². The average Bonchev–Trinajstić information content (AvgIpc) is 3.32. The first-order valence-corrected chi connectivity index (χ1v) is 9.94. The van der Waals surface area contributed by atoms with E-state index in [9.17, 15) is 14.7 Å². The largest absolute Gasteiger partial charge is 0.458 e. The summed E-state index contributed by atoms with van der Waals surface area (Å²) in [5.41, 5.74) is 0.256. The van der Waals surface area contributed by atoms with Crippen molar-refractivity contribution in [3.05, 3.63) is 56.9 Å². The summed E-state index contributed by atoms with van der Waals surface area (Å²) in [6, 6.07) is 1.70. The Labute approximate surface area is 166 Å². The van der Waals surface area contributed by atoms with E-state index in [4.69, 9.17) is 19.2 Å². The Balaban J connectivity index is 1.49. The number of hydrogen-bond donors (Lipinski definition) is 1. The highest BCUT2D eigenvalue weighted by Gasteiger charge is 2.47. The Morgan fingerprint density at radius 1 is 1.24 bits per heavy atom. The van der Waals surface area contributed by atoms with E-state index >= 15 is 0 Å². The van der Waals surface area contributed by atoms with Crippen LogP contribution in [0.1, 0.15) is 36.6 Å². The van der Waals surface area contributed by atoms with Gasteiger partial charge in [-0.1, -0.05) is 6.92 Å². The van der Waals surface area contributed by atoms with Crippen LogP contribution in [0.5, 0.6) is 0 Å². The van der Waals surface area contributed by atoms with E-state index in [2.05, 4.69) is 6.08 Å². The molecular weight excluding hydrogens is 376 g/mol. The molecule has 5 heterocycles. The second-order valence-electron chi connectivity index (χ2n) is 8.20. The van der Waals surface area contributed by atoms with Crippen LogP contribution in [0.15, 0.2) is 39.5 Å². The van der Waals surface area contributed by atoms with Gasteiger partial charge in [0.05, 0.1) is 23.0 Å². The van der Waals surface area contributed by atoms with E-state index in [0.29, 0.717) is 23.4 Å². The van der Waals surface area contributed by atoms with Crippen LogP contribution in [-0.2, 0) is 37.8 Å². The number of carbonyl (C=O) groups is 1. The van der Waals surface area contributed by atoms with Gasteiger partial charge in [-0.05, 0) is 31.1 Å². The number of aliphatic hydroxyl groups is 1. The summed E-state index contributed by atoms with van der Waals surface area (Å²) in [4.78, 5) is 30.4. The SMILES string of the molecule is CCC1(O)C(=O)OCc2c1cc1n(c2=O)CC2CC3C=C4OCOC4=CC3N=C12. The summed E-state index contributed by atoms with van der Waals surface area (Å²) in [5, 5.41) is 10.9. The molecule has 1 aromatic rings. The number of carbonyl (C=O) groups excluding carboxylic acids is 1. The summed E-state index contributed by atoms with van der Waals surface area (Å²) >= 11 is 0. The Morgan fingerprint density at radius 3 is 2.83 bits per heavy atom. The molecule has 8 heteroatoms. The fourth-order valence-electron chi connectivity index (χ4n) is 5.13. The molecule has 0 radical (unpaired) electrons. The maximum atomic E-state index is 13.2. The number of aromatic nitrogens is 1. The first kappa shape index (κ1) is 17.0. The minimum atomic E-state index is -1.79. The molecule has 0 bridgehead atoms. The molecule has 8 nitrogen and oxygen atoms in total. The van der Waals surface area contributed by atoms with Crippen LogP contribution in [0.3, 0.4) is 0 Å². The maximum Gasteiger partial charge on any atom is 0.343 e. The molecule has 0 spiro atoms. The van der Waals surface area contributed by atoms with Crippen LogP contribution >= 0.6 is 0 Å². The number of rotatable bonds is 1. The van der Waals surface area contributed by atoms with Gasteiger partial charge in [-0.2, -0.15) is 0 Å². The van der Waals surface area contributed by atoms with Crippen molar-refractivity contribution < 1.29 is 24.1 Å². The van der Waals surface area contributed by atoms with Gasteiger partial charge >= 0.3 is 5.97 Å². The van der Waals surface area contributed by atoms with Crippen molar-refractivity contribution in [3.63, 3.8) is 0 Å². The fourth-order valence-corrected chi connectivity index (χ4v) is 5.13. The van der Waals surface area contributed by atoms with E-state index in [1.807, 2.05) is 6.08 Å². The van der Waals surface area contributed by atoms with Crippen LogP contribution in [0.2, 0.25) is 0 Å². The van der Waals surface area contributed by atoms with Gasteiger partial charge in [0.15, 0.2) is 17.1 Å². The minimum absolute atomic E-state index is 0.0746. The second kappa shape index (κ2) is 5.60. The summed E-state index contributed by atoms with van der Waals surface area (Å²) in [7, 11) is 0. The van der Waals surface area contributed by atoms with E-state index < -0.39 is 11.6 Å². The van der Waals surface area contributed by atoms with Gasteiger partial charge in [-0.3, -0.25) is 9.79 Å². The molecule has 150 valence electrons. The lowest BCUT2D eigenvalue weighted by atomic mass is 9.80. The smallest absolute Gasteiger partial charge is 0.343 e. The van der Waals surface area contributed by atoms with Crippen molar-refractivity contribution in [2.45, 2.75) is 44.6 Å². The van der Waals surface area contributed by atoms with Crippen LogP contribution in [0.25, 0.3) is 0 Å². The molecule has 6 rings (SSSR count). The Bertz CT molecular complexity index is 1110. The molecule has 4 aliphatic heterocycles. The van der Waals surface area contributed by atoms with Crippen LogP contribution in [0, 0.1) is 11.8 Å². The van der Waals surface area contributed by atoms with E-state index in [1.54, 1.807) is 17.6 Å². The molecule has 4 atom stereocenters. The molecule has 4 unspecified atom stereocenters. The molecule has 0 saturated carbocycles. The van der Waals surface area contributed by atoms with Gasteiger partial charge in [0.1, 0.15) is 6.61 Å². The molecule has 29 heavy (non-hydrogen) atoms. The predicted octanol–water partition coefficient (Wildman–Crippen LogP) is 1.10. The zero-order chi connectivity index (χ0) is 19.9. The maximum absolute atomic E-state index is 13.2. The molecule has 1 saturated heterocycles. The third-order valence-corrected chi connectivity index (χ3v) is 6.74. The molecule has 1 fully saturated rings. The summed E-state index contributed by atoms with van der Waals surface area (Å²) < 4.78 is 17.8. The number of fused-ring (bicyclic) bond motifs is 6. The number of nitrogens with zero attached hydrogens (tertiary/aromatic N) is 2. The lowest BCUT2D eigenvalue weighted by Crippen LogP contribution is -2.44. The monoisotopic (exact) mass is 396 g/mol. The van der Waals surface area contributed by atoms with Gasteiger partial charge in [0.2, 0.25) is 6.79 Å². The Kier molecular flexibility index (Phi) is 3.29. The zero-order valence-corrected chi connectivity index (χ0v) is 15.9. The summed E-state index contributed by atoms with van der Waals surface area (Å²) in [6.07, 6.45) is 5.04. The third-order valence-electron chi connectivity index (χ3n) is 6.74. The van der Waals surface area contributed by atoms with Crippen molar-refractivity contribution in [1.29, 1.82) is 0 Å². The van der Waals surface area contributed by atoms with E-state index in [-0.39, 0.29) is 43.3 Å². The normalized spacial score (nSPS) is 33.5. The lowest BCUT2D eigenvalue weighted by Gasteiger charge is -2.32. The Morgan fingerprint density at radius 2 is 2.03 bits per heavy atom. The molecule has 0 amide bonds. The van der Waals surface area contributed by atoms with Crippen LogP contribution in [0.4, 0.5) is 0 Å². The van der Waals surface area contributed by atoms with Crippen molar-refractivity contribution in [2.75, 3.05) is 6.79 Å². The van der Waals surface area contributed by atoms with Crippen molar-refractivity contribution in [1.82, 2.24) is 4.57 Å². The van der Waals surface area contributed by atoms with E-state index in [0.717, 1.165) is 23.7 Å². The first-order valence-electron chi connectivity index (χ1n) is 9.94. The molecule has 1 N–H and O–H groups in total. The second-order valence-corrected chi connectivity index (χ2v) is 8.20. The van der Waals surface area contributed by atoms with Gasteiger partial charge in [0, 0.05) is 23.9 Å². The minimum Gasteiger partial charge on any atom is -0.458 e. The highest BCUT2D eigenvalue weighted by atomic mass is 16.7. The summed E-state index contributed by atoms with van der Waals surface area (Å²) in [6.45, 7) is 2.37. The molecule has 1 aliphatic carbocycles. The summed E-state index contributed by atoms with van der Waals surface area (Å²) in [5.74, 6) is 1.09. The number of esters is 1. The lowest BCUT2D eigenvalue weighted by molar-refractivity contribution is -0.172. The predicted molar refractivity (Wildman–Crippen MR) is 99.8 cm³/mol. The number of aliphatic imine (C=N–C) groups is 1. The standard InChI is InChI=1S/C21H20N2O6/c1-2-21(26)13-5-15-18-11(7-23(15)19(24)12(13)8-27-20(21)25)3-10-4-16-17(29-9-28-16)6-14(10)22-18/h4-6,10-11,14,26H,2-3,7-9H2,1H3. The van der Waals surface area contributed by atoms with Crippen LogP contribution in [-0.4, -0.2) is 34.2 Å². The van der Waals surface area contributed by atoms with Crippen molar-refractivity contribution >= 4 is 11.7 Å². The van der Waals surface area contributed by atoms with Crippen molar-refractivity contribution in [3.8, 4) is 0 Å². The highest BCUT2D eigenvalue weighted by Crippen LogP contribution is 2.41. The average molecular weight is 396 g/mol. The van der Waals surface area contributed by atoms with Gasteiger partial charge < -0.3 is 23.9 Å². The number of cyclic esters (lactones) is 1. The van der Waals surface area contributed by atoms with E-state index in [1.165, 1.54) is 0 Å². The van der Waals surface area contributed by atoms with Gasteiger partial charge in [-0.25, -0.2) is 4.79 Å². The Hall–Kier alpha value is -2.87. The molecular formula is C21H20N2O6. The zero-order valence-electron chi connectivity index (χ0n) is 15.9. The quantitative estimate of drug-likeness (QED) is 0.714. The fraction of sp³-hybridized carbons (Fsp3) is 0.476. The highest BCUT2D eigenvalue weighted by molar-refractivity contribution is 6.03. The third kappa shape index (κ3) is 2.15. The number of pyridine rings is 1. The topological polar surface area (TPSA) is 99.4 Å². The van der Waals surface area contributed by atoms with Crippen LogP contribution < -0.4 is 5.56 Å². The molecule has 1 aromatic heterocycles. The molecule has 0 aromatic carbocycles. The first-order chi connectivity index (χ1) is 14.0. The number of ether oxygens (including phenoxy) is 3.